The van der Waals surface area contributed by atoms with E-state index in [1.54, 1.807) is 13.0 Å². The van der Waals surface area contributed by atoms with Gasteiger partial charge < -0.3 is 9.84 Å². The number of hydrogen-bond acceptors (Lipinski definition) is 2. The minimum absolute atomic E-state index is 0.491. The third-order valence-electron chi connectivity index (χ3n) is 2.72. The molecule has 1 atom stereocenters. The zero-order chi connectivity index (χ0) is 11.5. The molecule has 1 aliphatic heterocycles. The van der Waals surface area contributed by atoms with Gasteiger partial charge in [-0.2, -0.15) is 0 Å². The molecule has 1 aromatic carbocycles. The van der Waals surface area contributed by atoms with Crippen molar-refractivity contribution in [1.82, 2.24) is 0 Å². The van der Waals surface area contributed by atoms with Crippen molar-refractivity contribution in [1.29, 1.82) is 0 Å². The summed E-state index contributed by atoms with van der Waals surface area (Å²) in [5.41, 5.74) is 3.02. The summed E-state index contributed by atoms with van der Waals surface area (Å²) in [6, 6.07) is 5.57. The molecule has 0 bridgehead atoms. The van der Waals surface area contributed by atoms with Gasteiger partial charge >= 0.3 is 0 Å². The number of ether oxygens (including phenoxy) is 1. The van der Waals surface area contributed by atoms with Crippen molar-refractivity contribution in [3.05, 3.63) is 40.4 Å². The van der Waals surface area contributed by atoms with Gasteiger partial charge in [0.1, 0.15) is 0 Å². The van der Waals surface area contributed by atoms with E-state index >= 15 is 0 Å². The van der Waals surface area contributed by atoms with Crippen molar-refractivity contribution < 1.29 is 9.84 Å². The van der Waals surface area contributed by atoms with Crippen LogP contribution in [0.15, 0.2) is 24.3 Å². The van der Waals surface area contributed by atoms with Crippen LogP contribution in [0.1, 0.15) is 30.6 Å². The van der Waals surface area contributed by atoms with Crippen LogP contribution in [-0.2, 0) is 4.74 Å². The highest BCUT2D eigenvalue weighted by atomic mass is 35.5. The van der Waals surface area contributed by atoms with Gasteiger partial charge in [-0.1, -0.05) is 23.7 Å². The van der Waals surface area contributed by atoms with E-state index in [9.17, 15) is 5.11 Å². The Hall–Kier alpha value is -0.830. The fraction of sp³-hybridized carbons (Fsp3) is 0.385. The molecule has 0 aliphatic carbocycles. The second-order valence-electron chi connectivity index (χ2n) is 3.98. The Morgan fingerprint density at radius 1 is 1.44 bits per heavy atom. The first kappa shape index (κ1) is 11.6. The number of aliphatic hydroxyl groups is 1. The van der Waals surface area contributed by atoms with Crippen molar-refractivity contribution in [2.24, 2.45) is 0 Å². The fourth-order valence-electron chi connectivity index (χ4n) is 1.92. The van der Waals surface area contributed by atoms with E-state index < -0.39 is 6.10 Å². The van der Waals surface area contributed by atoms with Crippen molar-refractivity contribution in [2.45, 2.75) is 19.4 Å². The summed E-state index contributed by atoms with van der Waals surface area (Å²) in [5.74, 6) is 0. The van der Waals surface area contributed by atoms with Crippen LogP contribution < -0.4 is 0 Å². The highest BCUT2D eigenvalue weighted by Crippen LogP contribution is 2.29. The van der Waals surface area contributed by atoms with E-state index in [4.69, 9.17) is 16.3 Å². The Morgan fingerprint density at radius 3 is 2.88 bits per heavy atom. The first-order valence-electron chi connectivity index (χ1n) is 5.43. The third kappa shape index (κ3) is 2.46. The van der Waals surface area contributed by atoms with Gasteiger partial charge in [0.15, 0.2) is 0 Å². The fourth-order valence-corrected chi connectivity index (χ4v) is 2.09. The zero-order valence-electron chi connectivity index (χ0n) is 9.24. The molecule has 2 nitrogen and oxygen atoms in total. The maximum Gasteiger partial charge on any atom is 0.0767 e. The lowest BCUT2D eigenvalue weighted by Gasteiger charge is -2.18. The predicted molar refractivity (Wildman–Crippen MR) is 65.5 cm³/mol. The molecule has 16 heavy (non-hydrogen) atoms. The van der Waals surface area contributed by atoms with Crippen molar-refractivity contribution in [2.75, 3.05) is 13.2 Å². The molecule has 0 saturated carbocycles. The molecule has 0 saturated heterocycles. The third-order valence-corrected chi connectivity index (χ3v) is 2.96. The molecule has 1 heterocycles. The minimum Gasteiger partial charge on any atom is -0.389 e. The Kier molecular flexibility index (Phi) is 3.64. The summed E-state index contributed by atoms with van der Waals surface area (Å²) in [6.07, 6.45) is 2.58. The molecule has 0 spiro atoms. The average molecular weight is 239 g/mol. The van der Waals surface area contributed by atoms with Crippen molar-refractivity contribution in [3.8, 4) is 0 Å². The van der Waals surface area contributed by atoms with Gasteiger partial charge in [0, 0.05) is 5.02 Å². The number of halogens is 1. The second-order valence-corrected chi connectivity index (χ2v) is 4.41. The highest BCUT2D eigenvalue weighted by Gasteiger charge is 2.14. The van der Waals surface area contributed by atoms with Gasteiger partial charge in [0.25, 0.3) is 0 Å². The maximum atomic E-state index is 9.71. The van der Waals surface area contributed by atoms with Crippen LogP contribution in [0.3, 0.4) is 0 Å². The summed E-state index contributed by atoms with van der Waals surface area (Å²) in [5, 5.41) is 10.4. The van der Waals surface area contributed by atoms with E-state index in [-0.39, 0.29) is 0 Å². The van der Waals surface area contributed by atoms with Crippen LogP contribution in [-0.4, -0.2) is 18.3 Å². The molecule has 0 fully saturated rings. The van der Waals surface area contributed by atoms with Gasteiger partial charge in [0.2, 0.25) is 0 Å². The molecule has 1 aliphatic rings. The van der Waals surface area contributed by atoms with Gasteiger partial charge in [-0.15, -0.1) is 0 Å². The van der Waals surface area contributed by atoms with E-state index in [1.807, 2.05) is 12.1 Å². The zero-order valence-corrected chi connectivity index (χ0v) is 10.00. The normalized spacial score (nSPS) is 18.1. The van der Waals surface area contributed by atoms with Crippen LogP contribution in [0.2, 0.25) is 5.02 Å². The summed E-state index contributed by atoms with van der Waals surface area (Å²) in [6.45, 7) is 3.13. The Labute approximate surface area is 101 Å². The predicted octanol–water partition coefficient (Wildman–Crippen LogP) is 3.20. The molecular weight excluding hydrogens is 224 g/mol. The second kappa shape index (κ2) is 5.00. The van der Waals surface area contributed by atoms with Gasteiger partial charge in [0.05, 0.1) is 19.3 Å². The summed E-state index contributed by atoms with van der Waals surface area (Å²) in [7, 11) is 0. The summed E-state index contributed by atoms with van der Waals surface area (Å²) < 4.78 is 5.42. The Morgan fingerprint density at radius 2 is 2.25 bits per heavy atom. The largest absolute Gasteiger partial charge is 0.389 e. The molecule has 86 valence electrons. The average Bonchev–Trinajstić information content (AvgIpc) is 2.29. The quantitative estimate of drug-likeness (QED) is 0.858. The van der Waals surface area contributed by atoms with Crippen LogP contribution >= 0.6 is 11.6 Å². The van der Waals surface area contributed by atoms with Gasteiger partial charge in [-0.3, -0.25) is 0 Å². The van der Waals surface area contributed by atoms with Gasteiger partial charge in [-0.05, 0) is 42.2 Å². The first-order valence-corrected chi connectivity index (χ1v) is 5.81. The number of hydrogen-bond donors (Lipinski definition) is 1. The summed E-state index contributed by atoms with van der Waals surface area (Å²) >= 11 is 5.99. The van der Waals surface area contributed by atoms with Crippen LogP contribution in [0, 0.1) is 0 Å². The molecule has 0 unspecified atom stereocenters. The molecule has 3 heteroatoms. The lowest BCUT2D eigenvalue weighted by Crippen LogP contribution is -2.08. The molecule has 1 N–H and O–H groups in total. The Bertz CT molecular complexity index is 410. The minimum atomic E-state index is -0.491. The molecule has 2 rings (SSSR count). The van der Waals surface area contributed by atoms with Crippen molar-refractivity contribution in [3.63, 3.8) is 0 Å². The molecular formula is C13H15ClO2. The Balaban J connectivity index is 2.44. The number of rotatable bonds is 2. The van der Waals surface area contributed by atoms with E-state index in [0.717, 1.165) is 29.7 Å². The SMILES string of the molecule is C[C@H](O)c1ccc(Cl)cc1C1=CCCOC1. The van der Waals surface area contributed by atoms with Crippen LogP contribution in [0.25, 0.3) is 5.57 Å². The van der Waals surface area contributed by atoms with Crippen molar-refractivity contribution >= 4 is 17.2 Å². The highest BCUT2D eigenvalue weighted by molar-refractivity contribution is 6.30. The van der Waals surface area contributed by atoms with E-state index in [0.29, 0.717) is 11.6 Å². The smallest absolute Gasteiger partial charge is 0.0767 e. The van der Waals surface area contributed by atoms with E-state index in [1.165, 1.54) is 0 Å². The molecule has 1 aromatic rings. The molecule has 0 radical (unpaired) electrons. The lowest BCUT2D eigenvalue weighted by molar-refractivity contribution is 0.164. The van der Waals surface area contributed by atoms with Crippen LogP contribution in [0.5, 0.6) is 0 Å². The van der Waals surface area contributed by atoms with Crippen LogP contribution in [0.4, 0.5) is 0 Å². The standard InChI is InChI=1S/C13H15ClO2/c1-9(15)12-5-4-11(14)7-13(12)10-3-2-6-16-8-10/h3-5,7,9,15H,2,6,8H2,1H3/t9-/m0/s1. The topological polar surface area (TPSA) is 29.5 Å². The number of aliphatic hydroxyl groups excluding tert-OH is 1. The first-order chi connectivity index (χ1) is 7.68. The summed E-state index contributed by atoms with van der Waals surface area (Å²) in [4.78, 5) is 0. The van der Waals surface area contributed by atoms with E-state index in [2.05, 4.69) is 6.08 Å². The van der Waals surface area contributed by atoms with Gasteiger partial charge in [-0.25, -0.2) is 0 Å². The number of benzene rings is 1. The molecule has 0 aromatic heterocycles. The lowest BCUT2D eigenvalue weighted by atomic mass is 9.95. The monoisotopic (exact) mass is 238 g/mol. The molecule has 0 amide bonds. The maximum absolute atomic E-state index is 9.71.